The van der Waals surface area contributed by atoms with Gasteiger partial charge in [-0.1, -0.05) is 12.1 Å². The van der Waals surface area contributed by atoms with Crippen molar-refractivity contribution in [3.63, 3.8) is 0 Å². The lowest BCUT2D eigenvalue weighted by Gasteiger charge is -2.08. The van der Waals surface area contributed by atoms with E-state index in [1.165, 1.54) is 5.56 Å². The quantitative estimate of drug-likeness (QED) is 0.696. The van der Waals surface area contributed by atoms with E-state index in [2.05, 4.69) is 0 Å². The molecule has 0 amide bonds. The van der Waals surface area contributed by atoms with Crippen molar-refractivity contribution in [3.8, 4) is 0 Å². The van der Waals surface area contributed by atoms with Crippen molar-refractivity contribution in [2.24, 2.45) is 0 Å². The molecule has 0 aromatic heterocycles. The van der Waals surface area contributed by atoms with Crippen LogP contribution in [0.2, 0.25) is 0 Å². The fraction of sp³-hybridized carbons (Fsp3) is 0.400. The van der Waals surface area contributed by atoms with Crippen molar-refractivity contribution in [2.75, 3.05) is 12.3 Å². The Morgan fingerprint density at radius 1 is 1.42 bits per heavy atom. The van der Waals surface area contributed by atoms with Gasteiger partial charge in [0.25, 0.3) is 0 Å². The summed E-state index contributed by atoms with van der Waals surface area (Å²) in [6, 6.07) is 5.91. The predicted octanol–water partition coefficient (Wildman–Crippen LogP) is 2.11. The van der Waals surface area contributed by atoms with Gasteiger partial charge < -0.3 is 10.5 Å². The van der Waals surface area contributed by atoms with E-state index in [9.17, 15) is 0 Å². The Bertz CT molecular complexity index is 238. The average Bonchev–Trinajstić information content (AvgIpc) is 2.04. The second kappa shape index (κ2) is 4.12. The second-order valence-electron chi connectivity index (χ2n) is 2.78. The summed E-state index contributed by atoms with van der Waals surface area (Å²) in [5.74, 6) is 0. The number of anilines is 1. The first-order valence-electron chi connectivity index (χ1n) is 4.17. The first-order chi connectivity index (χ1) is 5.75. The van der Waals surface area contributed by atoms with Gasteiger partial charge in [-0.25, -0.2) is 0 Å². The van der Waals surface area contributed by atoms with E-state index in [1.54, 1.807) is 0 Å². The van der Waals surface area contributed by atoms with Crippen LogP contribution in [0.4, 0.5) is 5.69 Å². The normalized spacial score (nSPS) is 10.2. The monoisotopic (exact) mass is 165 g/mol. The molecule has 0 atom stereocenters. The van der Waals surface area contributed by atoms with E-state index >= 15 is 0 Å². The molecule has 0 fully saturated rings. The molecule has 1 aromatic rings. The molecule has 0 bridgehead atoms. The molecule has 0 heterocycles. The summed E-state index contributed by atoms with van der Waals surface area (Å²) in [7, 11) is 0. The summed E-state index contributed by atoms with van der Waals surface area (Å²) in [5, 5.41) is 0. The third-order valence-corrected chi connectivity index (χ3v) is 1.90. The number of aryl methyl sites for hydroxylation is 1. The van der Waals surface area contributed by atoms with E-state index in [4.69, 9.17) is 10.5 Å². The van der Waals surface area contributed by atoms with Crippen LogP contribution >= 0.6 is 0 Å². The molecule has 2 heteroatoms. The van der Waals surface area contributed by atoms with Crippen LogP contribution in [0.5, 0.6) is 0 Å². The minimum atomic E-state index is 0.620. The molecule has 0 saturated carbocycles. The van der Waals surface area contributed by atoms with E-state index < -0.39 is 0 Å². The zero-order valence-electron chi connectivity index (χ0n) is 7.63. The molecule has 2 nitrogen and oxygen atoms in total. The van der Waals surface area contributed by atoms with Gasteiger partial charge in [0.1, 0.15) is 0 Å². The molecule has 0 radical (unpaired) electrons. The summed E-state index contributed by atoms with van der Waals surface area (Å²) in [6.45, 7) is 5.38. The van der Waals surface area contributed by atoms with Crippen molar-refractivity contribution >= 4 is 5.69 Å². The highest BCUT2D eigenvalue weighted by molar-refractivity contribution is 5.50. The highest BCUT2D eigenvalue weighted by Crippen LogP contribution is 2.16. The highest BCUT2D eigenvalue weighted by Gasteiger charge is 2.00. The molecule has 1 rings (SSSR count). The molecule has 0 unspecified atom stereocenters. The van der Waals surface area contributed by atoms with Crippen LogP contribution in [0, 0.1) is 6.92 Å². The zero-order valence-corrected chi connectivity index (χ0v) is 7.63. The van der Waals surface area contributed by atoms with Gasteiger partial charge in [-0.05, 0) is 25.5 Å². The number of hydrogen-bond acceptors (Lipinski definition) is 2. The van der Waals surface area contributed by atoms with Crippen molar-refractivity contribution in [1.82, 2.24) is 0 Å². The topological polar surface area (TPSA) is 35.2 Å². The van der Waals surface area contributed by atoms with Crippen molar-refractivity contribution in [3.05, 3.63) is 29.3 Å². The van der Waals surface area contributed by atoms with Crippen LogP contribution in [0.3, 0.4) is 0 Å². The third-order valence-electron chi connectivity index (χ3n) is 1.90. The number of rotatable bonds is 3. The standard InChI is InChI=1S/C10H15NO/c1-3-12-7-9-8(2)5-4-6-10(9)11/h4-6H,3,7,11H2,1-2H3. The second-order valence-corrected chi connectivity index (χ2v) is 2.78. The van der Waals surface area contributed by atoms with Gasteiger partial charge in [0.15, 0.2) is 0 Å². The van der Waals surface area contributed by atoms with Crippen LogP contribution in [-0.2, 0) is 11.3 Å². The number of hydrogen-bond donors (Lipinski definition) is 1. The van der Waals surface area contributed by atoms with Gasteiger partial charge in [-0.2, -0.15) is 0 Å². The Morgan fingerprint density at radius 2 is 2.17 bits per heavy atom. The van der Waals surface area contributed by atoms with Crippen LogP contribution in [-0.4, -0.2) is 6.61 Å². The van der Waals surface area contributed by atoms with Crippen molar-refractivity contribution in [2.45, 2.75) is 20.5 Å². The van der Waals surface area contributed by atoms with E-state index in [0.29, 0.717) is 6.61 Å². The minimum Gasteiger partial charge on any atom is -0.398 e. The molecule has 0 aliphatic carbocycles. The van der Waals surface area contributed by atoms with Gasteiger partial charge in [-0.15, -0.1) is 0 Å². The third kappa shape index (κ3) is 1.98. The average molecular weight is 165 g/mol. The van der Waals surface area contributed by atoms with Gasteiger partial charge in [0.05, 0.1) is 6.61 Å². The van der Waals surface area contributed by atoms with E-state index in [1.807, 2.05) is 32.0 Å². The molecular formula is C10H15NO. The lowest BCUT2D eigenvalue weighted by molar-refractivity contribution is 0.134. The molecule has 0 spiro atoms. The SMILES string of the molecule is CCOCc1c(C)cccc1N. The van der Waals surface area contributed by atoms with Crippen LogP contribution in [0.15, 0.2) is 18.2 Å². The fourth-order valence-corrected chi connectivity index (χ4v) is 1.13. The summed E-state index contributed by atoms with van der Waals surface area (Å²) in [6.07, 6.45) is 0. The number of benzene rings is 1. The van der Waals surface area contributed by atoms with Gasteiger partial charge in [-0.3, -0.25) is 0 Å². The number of nitrogens with two attached hydrogens (primary N) is 1. The van der Waals surface area contributed by atoms with Gasteiger partial charge >= 0.3 is 0 Å². The largest absolute Gasteiger partial charge is 0.398 e. The Labute approximate surface area is 73.3 Å². The molecule has 2 N–H and O–H groups in total. The van der Waals surface area contributed by atoms with Crippen molar-refractivity contribution in [1.29, 1.82) is 0 Å². The number of nitrogen functional groups attached to an aromatic ring is 1. The van der Waals surface area contributed by atoms with Crippen LogP contribution in [0.1, 0.15) is 18.1 Å². The van der Waals surface area contributed by atoms with Crippen molar-refractivity contribution < 1.29 is 4.74 Å². The van der Waals surface area contributed by atoms with E-state index in [-0.39, 0.29) is 0 Å². The Kier molecular flexibility index (Phi) is 3.11. The molecule has 0 aliphatic heterocycles. The first-order valence-corrected chi connectivity index (χ1v) is 4.17. The van der Waals surface area contributed by atoms with E-state index in [0.717, 1.165) is 17.9 Å². The Balaban J connectivity index is 2.81. The number of ether oxygens (including phenoxy) is 1. The maximum atomic E-state index is 5.78. The Hall–Kier alpha value is -1.02. The van der Waals surface area contributed by atoms with Gasteiger partial charge in [0.2, 0.25) is 0 Å². The summed E-state index contributed by atoms with van der Waals surface area (Å²) in [5.41, 5.74) is 8.91. The van der Waals surface area contributed by atoms with Gasteiger partial charge in [0, 0.05) is 17.9 Å². The van der Waals surface area contributed by atoms with Crippen LogP contribution in [0.25, 0.3) is 0 Å². The Morgan fingerprint density at radius 3 is 2.75 bits per heavy atom. The molecular weight excluding hydrogens is 150 g/mol. The maximum absolute atomic E-state index is 5.78. The summed E-state index contributed by atoms with van der Waals surface area (Å²) in [4.78, 5) is 0. The highest BCUT2D eigenvalue weighted by atomic mass is 16.5. The lowest BCUT2D eigenvalue weighted by Crippen LogP contribution is -2.00. The summed E-state index contributed by atoms with van der Waals surface area (Å²) < 4.78 is 5.30. The molecule has 0 aliphatic rings. The maximum Gasteiger partial charge on any atom is 0.0739 e. The molecule has 1 aromatic carbocycles. The molecule has 12 heavy (non-hydrogen) atoms. The zero-order chi connectivity index (χ0) is 8.97. The minimum absolute atomic E-state index is 0.620. The summed E-state index contributed by atoms with van der Waals surface area (Å²) >= 11 is 0. The first kappa shape index (κ1) is 9.07. The predicted molar refractivity (Wildman–Crippen MR) is 50.9 cm³/mol. The fourth-order valence-electron chi connectivity index (χ4n) is 1.13. The smallest absolute Gasteiger partial charge is 0.0739 e. The molecule has 66 valence electrons. The molecule has 0 saturated heterocycles. The van der Waals surface area contributed by atoms with Crippen LogP contribution < -0.4 is 5.73 Å². The lowest BCUT2D eigenvalue weighted by atomic mass is 10.1.